The average molecular weight is 455 g/mol. The van der Waals surface area contributed by atoms with Gasteiger partial charge in [-0.25, -0.2) is 14.5 Å². The highest BCUT2D eigenvalue weighted by molar-refractivity contribution is 5.96. The summed E-state index contributed by atoms with van der Waals surface area (Å²) in [4.78, 5) is 33.3. The topological polar surface area (TPSA) is 108 Å². The van der Waals surface area contributed by atoms with Gasteiger partial charge < -0.3 is 14.8 Å². The molecule has 0 bridgehead atoms. The quantitative estimate of drug-likeness (QED) is 0.398. The summed E-state index contributed by atoms with van der Waals surface area (Å²) in [5, 5.41) is 7.46. The van der Waals surface area contributed by atoms with Crippen LogP contribution in [0.15, 0.2) is 79.3 Å². The third kappa shape index (κ3) is 4.93. The van der Waals surface area contributed by atoms with Crippen LogP contribution in [0.25, 0.3) is 5.69 Å². The summed E-state index contributed by atoms with van der Waals surface area (Å²) >= 11 is 0. The van der Waals surface area contributed by atoms with E-state index in [4.69, 9.17) is 9.47 Å². The SMILES string of the molecule is O=C(COC(=O)c1cccnc1Oc1cccnc1)Nc1cc(C2CC2)nn1-c1ccccc1. The lowest BCUT2D eigenvalue weighted by molar-refractivity contribution is -0.119. The Morgan fingerprint density at radius 2 is 1.85 bits per heavy atom. The van der Waals surface area contributed by atoms with Crippen molar-refractivity contribution in [2.75, 3.05) is 11.9 Å². The number of pyridine rings is 2. The number of hydrogen-bond acceptors (Lipinski definition) is 7. The molecule has 3 aromatic heterocycles. The minimum atomic E-state index is -0.725. The molecule has 9 heteroatoms. The number of hydrogen-bond donors (Lipinski definition) is 1. The Bertz CT molecular complexity index is 1300. The molecule has 34 heavy (non-hydrogen) atoms. The van der Waals surface area contributed by atoms with E-state index in [1.807, 2.05) is 36.4 Å². The van der Waals surface area contributed by atoms with Gasteiger partial charge in [-0.1, -0.05) is 18.2 Å². The molecule has 1 saturated carbocycles. The normalized spacial score (nSPS) is 12.7. The lowest BCUT2D eigenvalue weighted by atomic mass is 10.3. The molecule has 0 spiro atoms. The number of amides is 1. The van der Waals surface area contributed by atoms with Gasteiger partial charge in [0, 0.05) is 24.4 Å². The van der Waals surface area contributed by atoms with Crippen LogP contribution in [0.2, 0.25) is 0 Å². The number of benzene rings is 1. The van der Waals surface area contributed by atoms with Crippen LogP contribution in [-0.4, -0.2) is 38.2 Å². The Morgan fingerprint density at radius 1 is 1.03 bits per heavy atom. The molecule has 0 saturated heterocycles. The van der Waals surface area contributed by atoms with Crippen LogP contribution in [0.1, 0.15) is 34.8 Å². The lowest BCUT2D eigenvalue weighted by Gasteiger charge is -2.11. The molecule has 1 aromatic carbocycles. The first-order chi connectivity index (χ1) is 16.7. The maximum absolute atomic E-state index is 12.6. The summed E-state index contributed by atoms with van der Waals surface area (Å²) in [7, 11) is 0. The molecule has 0 radical (unpaired) electrons. The number of anilines is 1. The third-order valence-electron chi connectivity index (χ3n) is 5.17. The van der Waals surface area contributed by atoms with Crippen molar-refractivity contribution in [1.29, 1.82) is 0 Å². The van der Waals surface area contributed by atoms with Crippen molar-refractivity contribution < 1.29 is 19.1 Å². The summed E-state index contributed by atoms with van der Waals surface area (Å²) in [5.74, 6) is 0.230. The van der Waals surface area contributed by atoms with Gasteiger partial charge in [0.2, 0.25) is 5.88 Å². The second-order valence-electron chi connectivity index (χ2n) is 7.75. The highest BCUT2D eigenvalue weighted by atomic mass is 16.5. The minimum Gasteiger partial charge on any atom is -0.452 e. The van der Waals surface area contributed by atoms with E-state index in [0.29, 0.717) is 17.5 Å². The first-order valence-electron chi connectivity index (χ1n) is 10.8. The predicted molar refractivity (Wildman–Crippen MR) is 123 cm³/mol. The number of para-hydroxylation sites is 1. The van der Waals surface area contributed by atoms with E-state index in [1.54, 1.807) is 29.1 Å². The maximum Gasteiger partial charge on any atom is 0.344 e. The van der Waals surface area contributed by atoms with Gasteiger partial charge >= 0.3 is 5.97 Å². The lowest BCUT2D eigenvalue weighted by Crippen LogP contribution is -2.22. The highest BCUT2D eigenvalue weighted by Crippen LogP contribution is 2.40. The van der Waals surface area contributed by atoms with E-state index in [1.165, 1.54) is 18.5 Å². The molecule has 9 nitrogen and oxygen atoms in total. The van der Waals surface area contributed by atoms with Crippen molar-refractivity contribution >= 4 is 17.7 Å². The number of esters is 1. The van der Waals surface area contributed by atoms with Gasteiger partial charge in [-0.3, -0.25) is 9.78 Å². The van der Waals surface area contributed by atoms with Crippen LogP contribution in [-0.2, 0) is 9.53 Å². The number of aromatic nitrogens is 4. The standard InChI is InChI=1S/C25H21N5O4/c31-23(28-22-14-21(17-10-11-17)29-30(22)18-6-2-1-3-7-18)16-33-25(32)20-9-5-13-27-24(20)34-19-8-4-12-26-15-19/h1-9,12-15,17H,10-11,16H2,(H,28,31). The molecule has 1 aliphatic carbocycles. The zero-order chi connectivity index (χ0) is 23.3. The van der Waals surface area contributed by atoms with Crippen LogP contribution in [0.5, 0.6) is 11.6 Å². The summed E-state index contributed by atoms with van der Waals surface area (Å²) < 4.78 is 12.6. The fourth-order valence-electron chi connectivity index (χ4n) is 3.37. The Balaban J connectivity index is 1.26. The van der Waals surface area contributed by atoms with Gasteiger partial charge in [0.15, 0.2) is 6.61 Å². The van der Waals surface area contributed by atoms with Crippen molar-refractivity contribution in [3.8, 4) is 17.3 Å². The number of nitrogens with one attached hydrogen (secondary N) is 1. The van der Waals surface area contributed by atoms with Gasteiger partial charge in [0.1, 0.15) is 17.1 Å². The molecule has 170 valence electrons. The third-order valence-corrected chi connectivity index (χ3v) is 5.17. The molecule has 0 atom stereocenters. The van der Waals surface area contributed by atoms with Crippen molar-refractivity contribution in [2.24, 2.45) is 0 Å². The largest absolute Gasteiger partial charge is 0.452 e. The van der Waals surface area contributed by atoms with Crippen LogP contribution in [0, 0.1) is 0 Å². The van der Waals surface area contributed by atoms with E-state index >= 15 is 0 Å². The molecule has 0 aliphatic heterocycles. The van der Waals surface area contributed by atoms with Crippen molar-refractivity contribution in [3.63, 3.8) is 0 Å². The molecule has 1 amide bonds. The van der Waals surface area contributed by atoms with E-state index in [9.17, 15) is 9.59 Å². The van der Waals surface area contributed by atoms with Crippen molar-refractivity contribution in [3.05, 3.63) is 90.5 Å². The monoisotopic (exact) mass is 455 g/mol. The zero-order valence-corrected chi connectivity index (χ0v) is 18.1. The summed E-state index contributed by atoms with van der Waals surface area (Å²) in [6.45, 7) is -0.473. The Labute approximate surface area is 195 Å². The molecule has 1 aliphatic rings. The van der Waals surface area contributed by atoms with Gasteiger partial charge in [-0.15, -0.1) is 0 Å². The fraction of sp³-hybridized carbons (Fsp3) is 0.160. The predicted octanol–water partition coefficient (Wildman–Crippen LogP) is 4.13. The number of carbonyl (C=O) groups excluding carboxylic acids is 2. The molecule has 4 aromatic rings. The molecular formula is C25H21N5O4. The van der Waals surface area contributed by atoms with E-state index < -0.39 is 18.5 Å². The van der Waals surface area contributed by atoms with E-state index in [2.05, 4.69) is 20.4 Å². The van der Waals surface area contributed by atoms with Crippen molar-refractivity contribution in [2.45, 2.75) is 18.8 Å². The first-order valence-corrected chi connectivity index (χ1v) is 10.8. The minimum absolute atomic E-state index is 0.0668. The molecular weight excluding hydrogens is 434 g/mol. The first kappa shape index (κ1) is 21.3. The fourth-order valence-corrected chi connectivity index (χ4v) is 3.37. The number of nitrogens with zero attached hydrogens (tertiary/aromatic N) is 4. The van der Waals surface area contributed by atoms with Gasteiger partial charge in [-0.05, 0) is 49.2 Å². The zero-order valence-electron chi connectivity index (χ0n) is 18.1. The Kier molecular flexibility index (Phi) is 5.98. The summed E-state index contributed by atoms with van der Waals surface area (Å²) in [5.41, 5.74) is 1.86. The average Bonchev–Trinajstić information content (AvgIpc) is 3.64. The number of ether oxygens (including phenoxy) is 2. The molecule has 5 rings (SSSR count). The molecule has 1 N–H and O–H groups in total. The Morgan fingerprint density at radius 3 is 2.62 bits per heavy atom. The van der Waals surface area contributed by atoms with E-state index in [0.717, 1.165) is 24.2 Å². The van der Waals surface area contributed by atoms with E-state index in [-0.39, 0.29) is 11.4 Å². The molecule has 0 unspecified atom stereocenters. The van der Waals surface area contributed by atoms with Gasteiger partial charge in [-0.2, -0.15) is 5.10 Å². The Hall–Kier alpha value is -4.53. The van der Waals surface area contributed by atoms with Crippen LogP contribution in [0.4, 0.5) is 5.82 Å². The second-order valence-corrected chi connectivity index (χ2v) is 7.75. The number of rotatable bonds is 8. The highest BCUT2D eigenvalue weighted by Gasteiger charge is 2.28. The smallest absolute Gasteiger partial charge is 0.344 e. The summed E-state index contributed by atoms with van der Waals surface area (Å²) in [6, 6.07) is 17.9. The maximum atomic E-state index is 12.6. The van der Waals surface area contributed by atoms with Gasteiger partial charge in [0.05, 0.1) is 17.6 Å². The van der Waals surface area contributed by atoms with Crippen LogP contribution in [0.3, 0.4) is 0 Å². The van der Waals surface area contributed by atoms with Crippen LogP contribution >= 0.6 is 0 Å². The molecule has 3 heterocycles. The molecule has 1 fully saturated rings. The number of carbonyl (C=O) groups is 2. The van der Waals surface area contributed by atoms with Gasteiger partial charge in [0.25, 0.3) is 5.91 Å². The van der Waals surface area contributed by atoms with Crippen LogP contribution < -0.4 is 10.1 Å². The van der Waals surface area contributed by atoms with Crippen molar-refractivity contribution in [1.82, 2.24) is 19.7 Å². The summed E-state index contributed by atoms with van der Waals surface area (Å²) in [6.07, 6.45) is 6.79. The second kappa shape index (κ2) is 9.53.